The standard InChI is InChI=1S/C4H9NO2S.CH4S/c1-8-2-3(5)4(6)7;1-2/h3H,2,5H2,1H3,(H,6,7);2H,1H3/t3-;/m0./s1. The molecule has 10 heavy (non-hydrogen) atoms. The van der Waals surface area contributed by atoms with Gasteiger partial charge in [0, 0.05) is 5.75 Å². The Hall–Kier alpha value is 0.130. The molecule has 0 fully saturated rings. The van der Waals surface area contributed by atoms with Crippen molar-refractivity contribution in [1.82, 2.24) is 0 Å². The molecule has 0 amide bonds. The van der Waals surface area contributed by atoms with E-state index < -0.39 is 12.0 Å². The number of nitrogens with two attached hydrogens (primary N) is 1. The van der Waals surface area contributed by atoms with E-state index in [-0.39, 0.29) is 0 Å². The highest BCUT2D eigenvalue weighted by atomic mass is 32.2. The van der Waals surface area contributed by atoms with Crippen molar-refractivity contribution in [1.29, 1.82) is 0 Å². The molecule has 0 saturated carbocycles. The number of carboxylic acid groups (broad SMARTS) is 1. The Labute approximate surface area is 70.8 Å². The van der Waals surface area contributed by atoms with E-state index in [1.54, 1.807) is 6.26 Å². The minimum atomic E-state index is -0.931. The zero-order valence-electron chi connectivity index (χ0n) is 6.07. The van der Waals surface area contributed by atoms with E-state index >= 15 is 0 Å². The number of hydrogen-bond donors (Lipinski definition) is 3. The molecule has 0 rings (SSSR count). The molecule has 0 aliphatic carbocycles. The van der Waals surface area contributed by atoms with Crippen LogP contribution in [0.25, 0.3) is 0 Å². The summed E-state index contributed by atoms with van der Waals surface area (Å²) in [6.45, 7) is 0. The van der Waals surface area contributed by atoms with Crippen LogP contribution in [0.4, 0.5) is 0 Å². The molecule has 0 unspecified atom stereocenters. The molecular weight excluding hydrogens is 170 g/mol. The highest BCUT2D eigenvalue weighted by Crippen LogP contribution is 1.93. The topological polar surface area (TPSA) is 63.3 Å². The predicted molar refractivity (Wildman–Crippen MR) is 48.9 cm³/mol. The second kappa shape index (κ2) is 9.13. The zero-order chi connectivity index (χ0) is 8.57. The molecule has 1 atom stereocenters. The van der Waals surface area contributed by atoms with E-state index in [1.807, 2.05) is 6.26 Å². The highest BCUT2D eigenvalue weighted by molar-refractivity contribution is 7.98. The van der Waals surface area contributed by atoms with Crippen LogP contribution in [-0.2, 0) is 4.79 Å². The Morgan fingerprint density at radius 1 is 1.80 bits per heavy atom. The van der Waals surface area contributed by atoms with E-state index in [4.69, 9.17) is 10.8 Å². The van der Waals surface area contributed by atoms with E-state index in [1.165, 1.54) is 11.8 Å². The van der Waals surface area contributed by atoms with Crippen LogP contribution in [0, 0.1) is 0 Å². The molecule has 3 N–H and O–H groups in total. The van der Waals surface area contributed by atoms with Crippen LogP contribution in [-0.4, -0.2) is 35.4 Å². The lowest BCUT2D eigenvalue weighted by atomic mass is 10.4. The lowest BCUT2D eigenvalue weighted by molar-refractivity contribution is -0.137. The van der Waals surface area contributed by atoms with Crippen LogP contribution in [0.3, 0.4) is 0 Å². The number of carboxylic acids is 1. The number of aliphatic carboxylic acids is 1. The molecule has 0 spiro atoms. The maximum atomic E-state index is 9.95. The van der Waals surface area contributed by atoms with Gasteiger partial charge in [-0.1, -0.05) is 0 Å². The fourth-order valence-electron chi connectivity index (χ4n) is 0.251. The Morgan fingerprint density at radius 3 is 2.30 bits per heavy atom. The number of thioether (sulfide) groups is 1. The molecule has 0 saturated heterocycles. The molecule has 0 radical (unpaired) electrons. The van der Waals surface area contributed by atoms with Gasteiger partial charge >= 0.3 is 5.97 Å². The number of rotatable bonds is 3. The predicted octanol–water partition coefficient (Wildman–Crippen LogP) is 0.307. The monoisotopic (exact) mass is 183 g/mol. The van der Waals surface area contributed by atoms with Crippen molar-refractivity contribution in [3.63, 3.8) is 0 Å². The summed E-state index contributed by atoms with van der Waals surface area (Å²) < 4.78 is 0. The smallest absolute Gasteiger partial charge is 0.321 e. The van der Waals surface area contributed by atoms with Crippen molar-refractivity contribution in [2.24, 2.45) is 5.73 Å². The first kappa shape index (κ1) is 12.8. The Balaban J connectivity index is 0. The summed E-state index contributed by atoms with van der Waals surface area (Å²) >= 11 is 4.96. The SMILES string of the molecule is CS.CSC[C@H](N)C(=O)O. The molecule has 0 aromatic carbocycles. The minimum Gasteiger partial charge on any atom is -0.480 e. The molecule has 3 nitrogen and oxygen atoms in total. The van der Waals surface area contributed by atoms with Gasteiger partial charge in [-0.15, -0.1) is 0 Å². The minimum absolute atomic E-state index is 0.481. The molecule has 0 heterocycles. The van der Waals surface area contributed by atoms with Crippen LogP contribution >= 0.6 is 24.4 Å². The van der Waals surface area contributed by atoms with Crippen molar-refractivity contribution in [2.75, 3.05) is 18.3 Å². The number of hydrogen-bond acceptors (Lipinski definition) is 4. The first-order valence-electron chi connectivity index (χ1n) is 2.60. The van der Waals surface area contributed by atoms with Gasteiger partial charge in [-0.3, -0.25) is 4.79 Å². The Bertz CT molecular complexity index is 89.7. The third-order valence-corrected chi connectivity index (χ3v) is 1.36. The largest absolute Gasteiger partial charge is 0.480 e. The molecule has 0 aliphatic rings. The first-order valence-corrected chi connectivity index (χ1v) is 4.89. The summed E-state index contributed by atoms with van der Waals surface area (Å²) in [5, 5.41) is 8.17. The average molecular weight is 183 g/mol. The van der Waals surface area contributed by atoms with E-state index in [2.05, 4.69) is 12.6 Å². The summed E-state index contributed by atoms with van der Waals surface area (Å²) in [6.07, 6.45) is 3.52. The van der Waals surface area contributed by atoms with Crippen LogP contribution in [0.2, 0.25) is 0 Å². The Morgan fingerprint density at radius 2 is 2.20 bits per heavy atom. The molecule has 0 aromatic rings. The first-order chi connectivity index (χ1) is 4.68. The maximum absolute atomic E-state index is 9.95. The summed E-state index contributed by atoms with van der Waals surface area (Å²) in [5.74, 6) is -0.450. The van der Waals surface area contributed by atoms with Gasteiger partial charge in [-0.2, -0.15) is 24.4 Å². The van der Waals surface area contributed by atoms with Crippen molar-refractivity contribution in [3.8, 4) is 0 Å². The highest BCUT2D eigenvalue weighted by Gasteiger charge is 2.08. The number of carbonyl (C=O) groups is 1. The second-order valence-corrected chi connectivity index (χ2v) is 2.31. The van der Waals surface area contributed by atoms with Crippen molar-refractivity contribution >= 4 is 30.4 Å². The lowest BCUT2D eigenvalue weighted by Crippen LogP contribution is -2.32. The quantitative estimate of drug-likeness (QED) is 0.551. The maximum Gasteiger partial charge on any atom is 0.321 e. The van der Waals surface area contributed by atoms with Gasteiger partial charge in [-0.05, 0) is 12.5 Å². The molecule has 0 aliphatic heterocycles. The lowest BCUT2D eigenvalue weighted by Gasteiger charge is -2.00. The van der Waals surface area contributed by atoms with Gasteiger partial charge in [0.2, 0.25) is 0 Å². The van der Waals surface area contributed by atoms with Crippen molar-refractivity contribution < 1.29 is 9.90 Å². The summed E-state index contributed by atoms with van der Waals surface area (Å²) in [4.78, 5) is 9.95. The molecular formula is C5H13NO2S2. The van der Waals surface area contributed by atoms with Gasteiger partial charge in [-0.25, -0.2) is 0 Å². The third kappa shape index (κ3) is 8.13. The molecule has 0 aromatic heterocycles. The van der Waals surface area contributed by atoms with Gasteiger partial charge in [0.1, 0.15) is 6.04 Å². The normalized spacial score (nSPS) is 11.2. The van der Waals surface area contributed by atoms with Crippen molar-refractivity contribution in [2.45, 2.75) is 6.04 Å². The van der Waals surface area contributed by atoms with Crippen LogP contribution in [0.1, 0.15) is 0 Å². The third-order valence-electron chi connectivity index (χ3n) is 0.663. The van der Waals surface area contributed by atoms with E-state index in [0.29, 0.717) is 5.75 Å². The second-order valence-electron chi connectivity index (χ2n) is 1.40. The van der Waals surface area contributed by atoms with Gasteiger partial charge in [0.25, 0.3) is 0 Å². The fourth-order valence-corrected chi connectivity index (χ4v) is 0.753. The summed E-state index contributed by atoms with van der Waals surface area (Å²) in [7, 11) is 0. The fraction of sp³-hybridized carbons (Fsp3) is 0.800. The van der Waals surface area contributed by atoms with Crippen LogP contribution < -0.4 is 5.73 Å². The van der Waals surface area contributed by atoms with Crippen molar-refractivity contribution in [3.05, 3.63) is 0 Å². The summed E-state index contributed by atoms with van der Waals surface area (Å²) in [6, 6.07) is -0.704. The Kier molecular flexibility index (Phi) is 11.7. The average Bonchev–Trinajstić information content (AvgIpc) is 1.93. The van der Waals surface area contributed by atoms with Gasteiger partial charge in [0.05, 0.1) is 0 Å². The van der Waals surface area contributed by atoms with Gasteiger partial charge in [0.15, 0.2) is 0 Å². The molecule has 0 bridgehead atoms. The number of thiol groups is 1. The molecule has 5 heteroatoms. The zero-order valence-corrected chi connectivity index (χ0v) is 7.78. The molecule has 62 valence electrons. The van der Waals surface area contributed by atoms with E-state index in [0.717, 1.165) is 0 Å². The summed E-state index contributed by atoms with van der Waals surface area (Å²) in [5.41, 5.74) is 5.11. The van der Waals surface area contributed by atoms with E-state index in [9.17, 15) is 4.79 Å². The van der Waals surface area contributed by atoms with Crippen LogP contribution in [0.15, 0.2) is 0 Å². The van der Waals surface area contributed by atoms with Gasteiger partial charge < -0.3 is 10.8 Å². The van der Waals surface area contributed by atoms with Crippen LogP contribution in [0.5, 0.6) is 0 Å².